The Morgan fingerprint density at radius 2 is 1.45 bits per heavy atom. The average molecular weight is 584 g/mol. The molecule has 0 bridgehead atoms. The smallest absolute Gasteiger partial charge is 0.264 e. The quantitative estimate of drug-likeness (QED) is 0.290. The van der Waals surface area contributed by atoms with Crippen LogP contribution < -0.4 is 9.62 Å². The number of rotatable bonds is 12. The molecule has 0 fully saturated rings. The molecule has 1 N–H and O–H groups in total. The molecule has 0 heterocycles. The Bertz CT molecular complexity index is 1390. The molecule has 0 unspecified atom stereocenters. The number of hydrogen-bond acceptors (Lipinski definition) is 4. The fourth-order valence-corrected chi connectivity index (χ4v) is 5.75. The second-order valence-electron chi connectivity index (χ2n) is 10.5. The number of nitrogens with zero attached hydrogens (tertiary/aromatic N) is 2. The maximum Gasteiger partial charge on any atom is 0.264 e. The standard InChI is InChI=1S/C31H38ClN3O4S/c1-22(2)19-33-31(37)24(5)34(20-26-11-9-10-14-29(26)32)30(36)21-35(27-17-15-25(16-18-27)23(3)4)40(38,39)28-12-7-6-8-13-28/h6-18,22-24H,19-21H2,1-5H3,(H,33,37)/t24-/m1/s1. The molecule has 0 radical (unpaired) electrons. The molecular weight excluding hydrogens is 546 g/mol. The fourth-order valence-electron chi connectivity index (χ4n) is 4.12. The summed E-state index contributed by atoms with van der Waals surface area (Å²) in [6, 6.07) is 21.4. The van der Waals surface area contributed by atoms with Crippen LogP contribution in [0, 0.1) is 5.92 Å². The van der Waals surface area contributed by atoms with E-state index in [0.29, 0.717) is 22.8 Å². The van der Waals surface area contributed by atoms with E-state index >= 15 is 0 Å². The molecule has 7 nitrogen and oxygen atoms in total. The number of anilines is 1. The van der Waals surface area contributed by atoms with E-state index in [0.717, 1.165) is 9.87 Å². The number of hydrogen-bond donors (Lipinski definition) is 1. The molecule has 0 saturated heterocycles. The second kappa shape index (κ2) is 13.8. The van der Waals surface area contributed by atoms with Gasteiger partial charge in [-0.15, -0.1) is 0 Å². The number of amides is 2. The number of nitrogens with one attached hydrogen (secondary N) is 1. The first-order chi connectivity index (χ1) is 18.9. The minimum absolute atomic E-state index is 0.0419. The number of carbonyl (C=O) groups is 2. The van der Waals surface area contributed by atoms with Gasteiger partial charge in [0.1, 0.15) is 12.6 Å². The van der Waals surface area contributed by atoms with Gasteiger partial charge < -0.3 is 10.2 Å². The molecule has 3 aromatic rings. The minimum atomic E-state index is -4.11. The van der Waals surface area contributed by atoms with E-state index < -0.39 is 28.5 Å². The van der Waals surface area contributed by atoms with Gasteiger partial charge >= 0.3 is 0 Å². The molecule has 0 aliphatic carbocycles. The summed E-state index contributed by atoms with van der Waals surface area (Å²) in [6.45, 7) is 9.70. The summed E-state index contributed by atoms with van der Waals surface area (Å²) in [4.78, 5) is 28.5. The van der Waals surface area contributed by atoms with Crippen LogP contribution in [0.1, 0.15) is 51.7 Å². The molecule has 3 aromatic carbocycles. The lowest BCUT2D eigenvalue weighted by Gasteiger charge is -2.32. The second-order valence-corrected chi connectivity index (χ2v) is 12.8. The van der Waals surface area contributed by atoms with Crippen molar-refractivity contribution in [2.75, 3.05) is 17.4 Å². The van der Waals surface area contributed by atoms with Gasteiger partial charge in [0, 0.05) is 18.1 Å². The van der Waals surface area contributed by atoms with Crippen LogP contribution in [0.3, 0.4) is 0 Å². The summed E-state index contributed by atoms with van der Waals surface area (Å²) in [7, 11) is -4.11. The lowest BCUT2D eigenvalue weighted by molar-refractivity contribution is -0.139. The molecule has 214 valence electrons. The van der Waals surface area contributed by atoms with Crippen LogP contribution in [0.15, 0.2) is 83.8 Å². The van der Waals surface area contributed by atoms with Gasteiger partial charge in [0.2, 0.25) is 11.8 Å². The van der Waals surface area contributed by atoms with E-state index in [1.807, 2.05) is 26.0 Å². The third kappa shape index (κ3) is 7.86. The Kier molecular flexibility index (Phi) is 10.8. The van der Waals surface area contributed by atoms with Crippen LogP contribution in [-0.4, -0.2) is 44.3 Å². The molecule has 3 rings (SSSR count). The van der Waals surface area contributed by atoms with Crippen molar-refractivity contribution in [2.45, 2.75) is 58.0 Å². The van der Waals surface area contributed by atoms with Crippen molar-refractivity contribution in [3.8, 4) is 0 Å². The molecule has 0 spiro atoms. The molecule has 0 aliphatic rings. The SMILES string of the molecule is CC(C)CNC(=O)[C@@H](C)N(Cc1ccccc1Cl)C(=O)CN(c1ccc(C(C)C)cc1)S(=O)(=O)c1ccccc1. The maximum atomic E-state index is 14.0. The first-order valence-electron chi connectivity index (χ1n) is 13.4. The Morgan fingerprint density at radius 1 is 0.850 bits per heavy atom. The highest BCUT2D eigenvalue weighted by molar-refractivity contribution is 7.92. The Morgan fingerprint density at radius 3 is 2.02 bits per heavy atom. The van der Waals surface area contributed by atoms with Gasteiger partial charge in [0.15, 0.2) is 0 Å². The van der Waals surface area contributed by atoms with Gasteiger partial charge in [-0.1, -0.05) is 87.8 Å². The molecule has 2 amide bonds. The first-order valence-corrected chi connectivity index (χ1v) is 15.2. The van der Waals surface area contributed by atoms with Gasteiger partial charge in [0.25, 0.3) is 10.0 Å². The van der Waals surface area contributed by atoms with Crippen molar-refractivity contribution in [1.82, 2.24) is 10.2 Å². The van der Waals surface area contributed by atoms with Gasteiger partial charge in [-0.05, 0) is 60.2 Å². The van der Waals surface area contributed by atoms with Gasteiger partial charge in [-0.3, -0.25) is 13.9 Å². The number of sulfonamides is 1. The molecule has 0 saturated carbocycles. The van der Waals surface area contributed by atoms with E-state index in [1.54, 1.807) is 61.5 Å². The van der Waals surface area contributed by atoms with Crippen LogP contribution >= 0.6 is 11.6 Å². The molecular formula is C31H38ClN3O4S. The van der Waals surface area contributed by atoms with E-state index in [9.17, 15) is 18.0 Å². The Balaban J connectivity index is 2.02. The van der Waals surface area contributed by atoms with Crippen molar-refractivity contribution in [2.24, 2.45) is 5.92 Å². The lowest BCUT2D eigenvalue weighted by Crippen LogP contribution is -2.51. The fraction of sp³-hybridized carbons (Fsp3) is 0.355. The minimum Gasteiger partial charge on any atom is -0.354 e. The molecule has 1 atom stereocenters. The van der Waals surface area contributed by atoms with Crippen molar-refractivity contribution in [3.63, 3.8) is 0 Å². The lowest BCUT2D eigenvalue weighted by atomic mass is 10.0. The molecule has 0 aromatic heterocycles. The van der Waals surface area contributed by atoms with Crippen molar-refractivity contribution in [3.05, 3.63) is 95.0 Å². The molecule has 40 heavy (non-hydrogen) atoms. The third-order valence-electron chi connectivity index (χ3n) is 6.61. The van der Waals surface area contributed by atoms with Crippen LogP contribution in [0.4, 0.5) is 5.69 Å². The maximum absolute atomic E-state index is 14.0. The van der Waals surface area contributed by atoms with Crippen molar-refractivity contribution >= 4 is 39.1 Å². The summed E-state index contributed by atoms with van der Waals surface area (Å²) >= 11 is 6.41. The van der Waals surface area contributed by atoms with Gasteiger partial charge in [0.05, 0.1) is 10.6 Å². The molecule has 0 aliphatic heterocycles. The topological polar surface area (TPSA) is 86.8 Å². The highest BCUT2D eigenvalue weighted by Crippen LogP contribution is 2.27. The largest absolute Gasteiger partial charge is 0.354 e. The van der Waals surface area contributed by atoms with Crippen molar-refractivity contribution in [1.29, 1.82) is 0 Å². The summed E-state index contributed by atoms with van der Waals surface area (Å²) in [5.74, 6) is -0.372. The summed E-state index contributed by atoms with van der Waals surface area (Å²) in [5.41, 5.74) is 2.05. The summed E-state index contributed by atoms with van der Waals surface area (Å²) in [6.07, 6.45) is 0. The normalized spacial score (nSPS) is 12.3. The zero-order chi connectivity index (χ0) is 29.4. The van der Waals surface area contributed by atoms with Crippen LogP contribution in [-0.2, 0) is 26.2 Å². The van der Waals surface area contributed by atoms with Crippen LogP contribution in [0.5, 0.6) is 0 Å². The predicted molar refractivity (Wildman–Crippen MR) is 161 cm³/mol. The zero-order valence-corrected chi connectivity index (χ0v) is 25.2. The Hall–Kier alpha value is -3.36. The van der Waals surface area contributed by atoms with Gasteiger partial charge in [-0.25, -0.2) is 8.42 Å². The summed E-state index contributed by atoms with van der Waals surface area (Å²) < 4.78 is 28.8. The zero-order valence-electron chi connectivity index (χ0n) is 23.7. The van der Waals surface area contributed by atoms with E-state index in [-0.39, 0.29) is 29.2 Å². The third-order valence-corrected chi connectivity index (χ3v) is 8.76. The Labute approximate surface area is 243 Å². The predicted octanol–water partition coefficient (Wildman–Crippen LogP) is 5.85. The first kappa shape index (κ1) is 31.2. The number of carbonyl (C=O) groups excluding carboxylic acids is 2. The monoisotopic (exact) mass is 583 g/mol. The highest BCUT2D eigenvalue weighted by atomic mass is 35.5. The average Bonchev–Trinajstić information content (AvgIpc) is 2.94. The highest BCUT2D eigenvalue weighted by Gasteiger charge is 2.32. The van der Waals surface area contributed by atoms with E-state index in [2.05, 4.69) is 19.2 Å². The number of benzene rings is 3. The van der Waals surface area contributed by atoms with Crippen molar-refractivity contribution < 1.29 is 18.0 Å². The molecule has 9 heteroatoms. The van der Waals surface area contributed by atoms with Crippen LogP contribution in [0.25, 0.3) is 0 Å². The van der Waals surface area contributed by atoms with E-state index in [1.165, 1.54) is 17.0 Å². The van der Waals surface area contributed by atoms with Gasteiger partial charge in [-0.2, -0.15) is 0 Å². The van der Waals surface area contributed by atoms with E-state index in [4.69, 9.17) is 11.6 Å². The van der Waals surface area contributed by atoms with Crippen LogP contribution in [0.2, 0.25) is 5.02 Å². The summed E-state index contributed by atoms with van der Waals surface area (Å²) in [5, 5.41) is 3.33. The number of halogens is 1.